The molecule has 0 radical (unpaired) electrons. The molecule has 0 aliphatic rings. The number of amides is 1. The highest BCUT2D eigenvalue weighted by atomic mass is 16.3. The van der Waals surface area contributed by atoms with Crippen molar-refractivity contribution < 1.29 is 9.21 Å². The summed E-state index contributed by atoms with van der Waals surface area (Å²) in [4.78, 5) is 22.4. The highest BCUT2D eigenvalue weighted by molar-refractivity contribution is 5.92. The maximum atomic E-state index is 12.3. The Labute approximate surface area is 195 Å². The first-order valence-electron chi connectivity index (χ1n) is 11.5. The minimum atomic E-state index is -0.209. The predicted molar refractivity (Wildman–Crippen MR) is 131 cm³/mol. The van der Waals surface area contributed by atoms with Gasteiger partial charge in [0.05, 0.1) is 6.54 Å². The van der Waals surface area contributed by atoms with Crippen molar-refractivity contribution in [3.8, 4) is 0 Å². The Hall–Kier alpha value is -3.38. The summed E-state index contributed by atoms with van der Waals surface area (Å²) < 4.78 is 5.67. The molecular formula is C27H32N4O2. The number of hydrogen-bond donors (Lipinski definition) is 2. The zero-order valence-electron chi connectivity index (χ0n) is 19.8. The van der Waals surface area contributed by atoms with Crippen LogP contribution in [0.3, 0.4) is 0 Å². The normalized spacial score (nSPS) is 11.6. The number of carbonyl (C=O) groups is 1. The number of H-pyrrole nitrogens is 1. The molecule has 0 fully saturated rings. The fourth-order valence-corrected chi connectivity index (χ4v) is 4.11. The van der Waals surface area contributed by atoms with E-state index in [9.17, 15) is 4.79 Å². The average Bonchev–Trinajstić information content (AvgIpc) is 3.40. The quantitative estimate of drug-likeness (QED) is 0.374. The molecule has 0 saturated heterocycles. The maximum absolute atomic E-state index is 12.3. The van der Waals surface area contributed by atoms with E-state index in [1.165, 1.54) is 33.9 Å². The summed E-state index contributed by atoms with van der Waals surface area (Å²) in [7, 11) is 0. The summed E-state index contributed by atoms with van der Waals surface area (Å²) in [6, 6.07) is 15.0. The number of para-hydroxylation sites is 1. The Morgan fingerprint density at radius 3 is 2.73 bits per heavy atom. The molecule has 0 spiro atoms. The summed E-state index contributed by atoms with van der Waals surface area (Å²) in [6.45, 7) is 10.3. The van der Waals surface area contributed by atoms with Crippen LogP contribution in [0.15, 0.2) is 59.3 Å². The number of hydrogen-bond acceptors (Lipinski definition) is 4. The lowest BCUT2D eigenvalue weighted by molar-refractivity contribution is 0.0938. The summed E-state index contributed by atoms with van der Waals surface area (Å²) in [5.41, 5.74) is 6.58. The molecule has 0 saturated carbocycles. The number of aryl methyl sites for hydroxylation is 2. The van der Waals surface area contributed by atoms with E-state index in [-0.39, 0.29) is 11.9 Å². The van der Waals surface area contributed by atoms with Crippen molar-refractivity contribution in [3.05, 3.63) is 88.8 Å². The van der Waals surface area contributed by atoms with E-state index in [2.05, 4.69) is 76.6 Å². The van der Waals surface area contributed by atoms with E-state index < -0.39 is 0 Å². The number of nitrogens with one attached hydrogen (secondary N) is 2. The number of aromatic amines is 1. The number of benzene rings is 2. The van der Waals surface area contributed by atoms with Crippen LogP contribution in [0.2, 0.25) is 0 Å². The molecule has 0 unspecified atom stereocenters. The average molecular weight is 445 g/mol. The largest absolute Gasteiger partial charge is 0.447 e. The minimum absolute atomic E-state index is 0.0508. The Kier molecular flexibility index (Phi) is 6.94. The summed E-state index contributed by atoms with van der Waals surface area (Å²) in [5, 5.41) is 4.12. The van der Waals surface area contributed by atoms with Gasteiger partial charge in [0.15, 0.2) is 5.69 Å². The van der Waals surface area contributed by atoms with Gasteiger partial charge in [-0.2, -0.15) is 0 Å². The predicted octanol–water partition coefficient (Wildman–Crippen LogP) is 5.16. The number of aromatic nitrogens is 2. The molecule has 172 valence electrons. The minimum Gasteiger partial charge on any atom is -0.447 e. The molecule has 2 heterocycles. The van der Waals surface area contributed by atoms with Gasteiger partial charge in [0.1, 0.15) is 6.26 Å². The van der Waals surface area contributed by atoms with Crippen molar-refractivity contribution in [3.63, 3.8) is 0 Å². The second-order valence-electron chi connectivity index (χ2n) is 9.00. The first kappa shape index (κ1) is 22.8. The van der Waals surface area contributed by atoms with Crippen molar-refractivity contribution in [1.82, 2.24) is 20.2 Å². The van der Waals surface area contributed by atoms with Gasteiger partial charge >= 0.3 is 0 Å². The van der Waals surface area contributed by atoms with Gasteiger partial charge < -0.3 is 14.7 Å². The van der Waals surface area contributed by atoms with Crippen LogP contribution in [-0.4, -0.2) is 33.4 Å². The van der Waals surface area contributed by atoms with Crippen molar-refractivity contribution in [1.29, 1.82) is 0 Å². The van der Waals surface area contributed by atoms with Gasteiger partial charge in [-0.3, -0.25) is 9.69 Å². The number of rotatable bonds is 9. The Balaban J connectivity index is 1.52. The van der Waals surface area contributed by atoms with Crippen molar-refractivity contribution in [2.45, 2.75) is 53.2 Å². The van der Waals surface area contributed by atoms with Gasteiger partial charge in [0, 0.05) is 36.2 Å². The second-order valence-corrected chi connectivity index (χ2v) is 9.00. The van der Waals surface area contributed by atoms with Crippen LogP contribution in [0.5, 0.6) is 0 Å². The second kappa shape index (κ2) is 10.0. The first-order valence-corrected chi connectivity index (χ1v) is 11.5. The van der Waals surface area contributed by atoms with Gasteiger partial charge in [0.2, 0.25) is 5.89 Å². The zero-order chi connectivity index (χ0) is 23.4. The SMILES string of the molecule is Cc1ccc(CN(CCc2c[nH]c3ccccc23)Cc2nc(C(=O)NC(C)C)co2)c(C)c1. The lowest BCUT2D eigenvalue weighted by atomic mass is 10.0. The van der Waals surface area contributed by atoms with Crippen molar-refractivity contribution >= 4 is 16.8 Å². The molecule has 0 bridgehead atoms. The molecule has 6 heteroatoms. The zero-order valence-corrected chi connectivity index (χ0v) is 19.8. The van der Waals surface area contributed by atoms with Gasteiger partial charge in [0.25, 0.3) is 5.91 Å². The van der Waals surface area contributed by atoms with E-state index in [1.807, 2.05) is 19.9 Å². The van der Waals surface area contributed by atoms with Crippen LogP contribution in [-0.2, 0) is 19.5 Å². The van der Waals surface area contributed by atoms with E-state index >= 15 is 0 Å². The van der Waals surface area contributed by atoms with Crippen molar-refractivity contribution in [2.24, 2.45) is 0 Å². The highest BCUT2D eigenvalue weighted by Crippen LogP contribution is 2.20. The van der Waals surface area contributed by atoms with Crippen LogP contribution in [0.1, 0.15) is 52.5 Å². The van der Waals surface area contributed by atoms with Crippen LogP contribution >= 0.6 is 0 Å². The smallest absolute Gasteiger partial charge is 0.273 e. The summed E-state index contributed by atoms with van der Waals surface area (Å²) in [6.07, 6.45) is 4.44. The molecule has 0 aliphatic heterocycles. The molecular weight excluding hydrogens is 412 g/mol. The van der Waals surface area contributed by atoms with Gasteiger partial charge in [-0.25, -0.2) is 4.98 Å². The molecule has 33 heavy (non-hydrogen) atoms. The summed E-state index contributed by atoms with van der Waals surface area (Å²) >= 11 is 0. The molecule has 4 aromatic rings. The highest BCUT2D eigenvalue weighted by Gasteiger charge is 2.17. The lowest BCUT2D eigenvalue weighted by Crippen LogP contribution is -2.30. The van der Waals surface area contributed by atoms with E-state index in [0.29, 0.717) is 18.1 Å². The summed E-state index contributed by atoms with van der Waals surface area (Å²) in [5.74, 6) is 0.340. The van der Waals surface area contributed by atoms with Crippen LogP contribution in [0, 0.1) is 13.8 Å². The van der Waals surface area contributed by atoms with Gasteiger partial charge in [-0.15, -0.1) is 0 Å². The fraction of sp³-hybridized carbons (Fsp3) is 0.333. The van der Waals surface area contributed by atoms with Gasteiger partial charge in [-0.05, 0) is 56.9 Å². The molecule has 0 aliphatic carbocycles. The van der Waals surface area contributed by atoms with E-state index in [4.69, 9.17) is 4.42 Å². The molecule has 1 amide bonds. The third-order valence-electron chi connectivity index (χ3n) is 5.83. The van der Waals surface area contributed by atoms with Crippen molar-refractivity contribution in [2.75, 3.05) is 6.54 Å². The monoisotopic (exact) mass is 444 g/mol. The molecule has 0 atom stereocenters. The molecule has 2 aromatic carbocycles. The molecule has 2 N–H and O–H groups in total. The number of fused-ring (bicyclic) bond motifs is 1. The van der Waals surface area contributed by atoms with Crippen LogP contribution < -0.4 is 5.32 Å². The molecule has 4 rings (SSSR count). The maximum Gasteiger partial charge on any atom is 0.273 e. The molecule has 2 aromatic heterocycles. The van der Waals surface area contributed by atoms with Gasteiger partial charge in [-0.1, -0.05) is 42.0 Å². The van der Waals surface area contributed by atoms with E-state index in [0.717, 1.165) is 25.0 Å². The van der Waals surface area contributed by atoms with Crippen LogP contribution in [0.25, 0.3) is 10.9 Å². The Morgan fingerprint density at radius 2 is 1.94 bits per heavy atom. The van der Waals surface area contributed by atoms with Crippen LogP contribution in [0.4, 0.5) is 0 Å². The Bertz CT molecular complexity index is 1240. The number of nitrogens with zero attached hydrogens (tertiary/aromatic N) is 2. The number of carbonyl (C=O) groups excluding carboxylic acids is 1. The third kappa shape index (κ3) is 5.71. The number of oxazole rings is 1. The lowest BCUT2D eigenvalue weighted by Gasteiger charge is -2.22. The third-order valence-corrected chi connectivity index (χ3v) is 5.83. The first-order chi connectivity index (χ1) is 15.9. The standard InChI is InChI=1S/C27H32N4O2/c1-18(2)29-27(32)25-17-33-26(30-25)16-31(15-22-10-9-19(3)13-20(22)4)12-11-21-14-28-24-8-6-5-7-23(21)24/h5-10,13-14,17-18,28H,11-12,15-16H2,1-4H3,(H,29,32). The topological polar surface area (TPSA) is 74.2 Å². The fourth-order valence-electron chi connectivity index (χ4n) is 4.11. The molecule has 6 nitrogen and oxygen atoms in total. The van der Waals surface area contributed by atoms with E-state index in [1.54, 1.807) is 0 Å². The Morgan fingerprint density at radius 1 is 1.12 bits per heavy atom.